The molecule has 3 heteroatoms. The quantitative estimate of drug-likeness (QED) is 0.715. The molecule has 0 aliphatic heterocycles. The highest BCUT2D eigenvalue weighted by molar-refractivity contribution is 6.08. The molecule has 0 radical (unpaired) electrons. The SMILES string of the molecule is COCCn1c2ccccc2c2cc(N)ccc21. The highest BCUT2D eigenvalue weighted by atomic mass is 16.5. The summed E-state index contributed by atoms with van der Waals surface area (Å²) in [5.74, 6) is 0. The van der Waals surface area contributed by atoms with Gasteiger partial charge >= 0.3 is 0 Å². The van der Waals surface area contributed by atoms with Crippen molar-refractivity contribution in [3.63, 3.8) is 0 Å². The Bertz CT molecular complexity index is 700. The number of benzene rings is 2. The van der Waals surface area contributed by atoms with Gasteiger partial charge in [0.2, 0.25) is 0 Å². The van der Waals surface area contributed by atoms with E-state index >= 15 is 0 Å². The Morgan fingerprint density at radius 1 is 1.06 bits per heavy atom. The summed E-state index contributed by atoms with van der Waals surface area (Å²) >= 11 is 0. The predicted octanol–water partition coefficient (Wildman–Crippen LogP) is 3.02. The van der Waals surface area contributed by atoms with Crippen LogP contribution < -0.4 is 5.73 Å². The predicted molar refractivity (Wildman–Crippen MR) is 75.7 cm³/mol. The Kier molecular flexibility index (Phi) is 2.68. The molecule has 0 saturated heterocycles. The van der Waals surface area contributed by atoms with Crippen LogP contribution in [0.1, 0.15) is 0 Å². The fourth-order valence-electron chi connectivity index (χ4n) is 2.49. The fraction of sp³-hybridized carbons (Fsp3) is 0.200. The van der Waals surface area contributed by atoms with Crippen LogP contribution in [0, 0.1) is 0 Å². The lowest BCUT2D eigenvalue weighted by molar-refractivity contribution is 0.189. The van der Waals surface area contributed by atoms with E-state index in [0.29, 0.717) is 6.61 Å². The maximum Gasteiger partial charge on any atom is 0.0642 e. The van der Waals surface area contributed by atoms with Crippen LogP contribution in [0.4, 0.5) is 5.69 Å². The zero-order chi connectivity index (χ0) is 12.5. The number of hydrogen-bond acceptors (Lipinski definition) is 2. The topological polar surface area (TPSA) is 40.2 Å². The van der Waals surface area contributed by atoms with E-state index in [9.17, 15) is 0 Å². The van der Waals surface area contributed by atoms with Crippen LogP contribution in [0.3, 0.4) is 0 Å². The summed E-state index contributed by atoms with van der Waals surface area (Å²) < 4.78 is 7.48. The van der Waals surface area contributed by atoms with Crippen LogP contribution >= 0.6 is 0 Å². The van der Waals surface area contributed by atoms with Gasteiger partial charge in [-0.15, -0.1) is 0 Å². The van der Waals surface area contributed by atoms with Crippen molar-refractivity contribution in [2.45, 2.75) is 6.54 Å². The minimum absolute atomic E-state index is 0.706. The van der Waals surface area contributed by atoms with Gasteiger partial charge in [0.15, 0.2) is 0 Å². The number of hydrogen-bond donors (Lipinski definition) is 1. The van der Waals surface area contributed by atoms with Crippen LogP contribution in [0.2, 0.25) is 0 Å². The van der Waals surface area contributed by atoms with Gasteiger partial charge in [-0.3, -0.25) is 0 Å². The summed E-state index contributed by atoms with van der Waals surface area (Å²) in [6, 6.07) is 14.5. The second kappa shape index (κ2) is 4.35. The van der Waals surface area contributed by atoms with Gasteiger partial charge in [-0.05, 0) is 24.3 Å². The number of fused-ring (bicyclic) bond motifs is 3. The summed E-state index contributed by atoms with van der Waals surface area (Å²) in [5.41, 5.74) is 9.14. The number of nitrogens with zero attached hydrogens (tertiary/aromatic N) is 1. The number of aromatic nitrogens is 1. The highest BCUT2D eigenvalue weighted by Crippen LogP contribution is 2.30. The van der Waals surface area contributed by atoms with Crippen molar-refractivity contribution in [1.29, 1.82) is 0 Å². The molecule has 3 rings (SSSR count). The van der Waals surface area contributed by atoms with Crippen molar-refractivity contribution in [2.24, 2.45) is 0 Å². The molecule has 0 aliphatic carbocycles. The zero-order valence-electron chi connectivity index (χ0n) is 10.4. The molecule has 92 valence electrons. The van der Waals surface area contributed by atoms with E-state index < -0.39 is 0 Å². The smallest absolute Gasteiger partial charge is 0.0642 e. The molecule has 0 spiro atoms. The fourth-order valence-corrected chi connectivity index (χ4v) is 2.49. The third-order valence-electron chi connectivity index (χ3n) is 3.32. The molecule has 3 aromatic rings. The van der Waals surface area contributed by atoms with E-state index in [4.69, 9.17) is 10.5 Å². The van der Waals surface area contributed by atoms with Crippen LogP contribution in [0.25, 0.3) is 21.8 Å². The zero-order valence-corrected chi connectivity index (χ0v) is 10.4. The lowest BCUT2D eigenvalue weighted by atomic mass is 10.1. The molecule has 1 aromatic heterocycles. The molecule has 2 aromatic carbocycles. The van der Waals surface area contributed by atoms with Gasteiger partial charge in [0.05, 0.1) is 6.61 Å². The number of ether oxygens (including phenoxy) is 1. The molecule has 0 amide bonds. The van der Waals surface area contributed by atoms with E-state index in [1.807, 2.05) is 12.1 Å². The molecule has 0 fully saturated rings. The Hall–Kier alpha value is -2.00. The minimum atomic E-state index is 0.706. The molecule has 0 unspecified atom stereocenters. The molecular formula is C15H16N2O. The molecule has 0 atom stereocenters. The first-order valence-corrected chi connectivity index (χ1v) is 6.06. The summed E-state index contributed by atoms with van der Waals surface area (Å²) in [6.45, 7) is 1.56. The molecule has 0 saturated carbocycles. The maximum atomic E-state index is 5.89. The minimum Gasteiger partial charge on any atom is -0.399 e. The molecule has 0 bridgehead atoms. The second-order valence-electron chi connectivity index (χ2n) is 4.44. The highest BCUT2D eigenvalue weighted by Gasteiger charge is 2.09. The van der Waals surface area contributed by atoms with Crippen molar-refractivity contribution in [3.8, 4) is 0 Å². The van der Waals surface area contributed by atoms with Gasteiger partial charge < -0.3 is 15.0 Å². The first kappa shape index (κ1) is 11.1. The number of anilines is 1. The van der Waals surface area contributed by atoms with Crippen molar-refractivity contribution < 1.29 is 4.74 Å². The van der Waals surface area contributed by atoms with Crippen molar-refractivity contribution >= 4 is 27.5 Å². The monoisotopic (exact) mass is 240 g/mol. The van der Waals surface area contributed by atoms with Gasteiger partial charge in [0.25, 0.3) is 0 Å². The van der Waals surface area contributed by atoms with Crippen molar-refractivity contribution in [2.75, 3.05) is 19.5 Å². The molecule has 0 aliphatic rings. The number of nitrogens with two attached hydrogens (primary N) is 1. The summed E-state index contributed by atoms with van der Waals surface area (Å²) in [7, 11) is 1.73. The average molecular weight is 240 g/mol. The van der Waals surface area contributed by atoms with Gasteiger partial charge in [0, 0.05) is 41.1 Å². The summed E-state index contributed by atoms with van der Waals surface area (Å²) in [5, 5.41) is 2.46. The molecule has 2 N–H and O–H groups in total. The van der Waals surface area contributed by atoms with E-state index in [2.05, 4.69) is 34.9 Å². The maximum absolute atomic E-state index is 5.89. The normalized spacial score (nSPS) is 11.4. The number of para-hydroxylation sites is 1. The van der Waals surface area contributed by atoms with Crippen LogP contribution in [0.5, 0.6) is 0 Å². The van der Waals surface area contributed by atoms with Crippen LogP contribution in [-0.2, 0) is 11.3 Å². The first-order valence-electron chi connectivity index (χ1n) is 6.06. The summed E-state index contributed by atoms with van der Waals surface area (Å²) in [4.78, 5) is 0. The molecule has 3 nitrogen and oxygen atoms in total. The van der Waals surface area contributed by atoms with Crippen molar-refractivity contribution in [1.82, 2.24) is 4.57 Å². The Labute approximate surface area is 106 Å². The number of rotatable bonds is 3. The van der Waals surface area contributed by atoms with E-state index in [1.165, 1.54) is 21.8 Å². The first-order chi connectivity index (χ1) is 8.81. The van der Waals surface area contributed by atoms with E-state index in [-0.39, 0.29) is 0 Å². The molecular weight excluding hydrogens is 224 g/mol. The molecule has 1 heterocycles. The average Bonchev–Trinajstić information content (AvgIpc) is 2.70. The Morgan fingerprint density at radius 3 is 2.67 bits per heavy atom. The second-order valence-corrected chi connectivity index (χ2v) is 4.44. The third kappa shape index (κ3) is 1.64. The molecule has 18 heavy (non-hydrogen) atoms. The Morgan fingerprint density at radius 2 is 1.83 bits per heavy atom. The Balaban J connectivity index is 2.34. The van der Waals surface area contributed by atoms with Crippen LogP contribution in [-0.4, -0.2) is 18.3 Å². The summed E-state index contributed by atoms with van der Waals surface area (Å²) in [6.07, 6.45) is 0. The van der Waals surface area contributed by atoms with E-state index in [0.717, 1.165) is 12.2 Å². The third-order valence-corrected chi connectivity index (χ3v) is 3.32. The van der Waals surface area contributed by atoms with Crippen molar-refractivity contribution in [3.05, 3.63) is 42.5 Å². The van der Waals surface area contributed by atoms with Gasteiger partial charge in [-0.2, -0.15) is 0 Å². The number of methoxy groups -OCH3 is 1. The lowest BCUT2D eigenvalue weighted by Crippen LogP contribution is -2.03. The van der Waals surface area contributed by atoms with Gasteiger partial charge in [-0.1, -0.05) is 18.2 Å². The standard InChI is InChI=1S/C15H16N2O/c1-18-9-8-17-14-5-3-2-4-12(14)13-10-11(16)6-7-15(13)17/h2-7,10H,8-9,16H2,1H3. The van der Waals surface area contributed by atoms with Gasteiger partial charge in [-0.25, -0.2) is 0 Å². The van der Waals surface area contributed by atoms with Crippen LogP contribution in [0.15, 0.2) is 42.5 Å². The largest absolute Gasteiger partial charge is 0.399 e. The lowest BCUT2D eigenvalue weighted by Gasteiger charge is -2.06. The van der Waals surface area contributed by atoms with E-state index in [1.54, 1.807) is 7.11 Å². The van der Waals surface area contributed by atoms with Gasteiger partial charge in [0.1, 0.15) is 0 Å². The number of nitrogen functional groups attached to an aromatic ring is 1.